The summed E-state index contributed by atoms with van der Waals surface area (Å²) in [6.07, 6.45) is -3.92. The minimum Gasteiger partial charge on any atom is -0.381 e. The molecule has 0 unspecified atom stereocenters. The third-order valence-electron chi connectivity index (χ3n) is 3.31. The van der Waals surface area contributed by atoms with Crippen molar-refractivity contribution >= 4 is 11.9 Å². The fourth-order valence-corrected chi connectivity index (χ4v) is 2.27. The van der Waals surface area contributed by atoms with Gasteiger partial charge in [-0.2, -0.15) is 13.2 Å². The molecule has 0 saturated carbocycles. The van der Waals surface area contributed by atoms with Gasteiger partial charge in [0.1, 0.15) is 6.54 Å². The van der Waals surface area contributed by atoms with Gasteiger partial charge in [0, 0.05) is 19.8 Å². The average molecular weight is 266 g/mol. The van der Waals surface area contributed by atoms with Crippen molar-refractivity contribution in [3.8, 4) is 0 Å². The Balaban J connectivity index is 2.18. The van der Waals surface area contributed by atoms with Crippen LogP contribution in [-0.4, -0.2) is 49.3 Å². The van der Waals surface area contributed by atoms with Gasteiger partial charge >= 0.3 is 12.2 Å². The summed E-state index contributed by atoms with van der Waals surface area (Å²) in [5.41, 5.74) is -0.933. The molecular formula is C10H13F3N2O3. The SMILES string of the molecule is O=C1NCC2(CCOCC2)C(=O)N1CC(F)(F)F. The van der Waals surface area contributed by atoms with Gasteiger partial charge in [-0.25, -0.2) is 4.79 Å². The molecular weight excluding hydrogens is 253 g/mol. The highest BCUT2D eigenvalue weighted by Gasteiger charge is 2.50. The Morgan fingerprint density at radius 1 is 1.28 bits per heavy atom. The van der Waals surface area contributed by atoms with E-state index in [0.717, 1.165) is 0 Å². The Morgan fingerprint density at radius 2 is 1.89 bits per heavy atom. The molecule has 2 aliphatic heterocycles. The van der Waals surface area contributed by atoms with E-state index in [2.05, 4.69) is 5.32 Å². The zero-order valence-corrected chi connectivity index (χ0v) is 9.55. The fraction of sp³-hybridized carbons (Fsp3) is 0.800. The standard InChI is InChI=1S/C10H13F3N2O3/c11-10(12,13)6-15-7(16)9(5-14-8(15)17)1-3-18-4-2-9/h1-6H2,(H,14,17). The molecule has 0 bridgehead atoms. The summed E-state index contributed by atoms with van der Waals surface area (Å²) < 4.78 is 42.1. The van der Waals surface area contributed by atoms with E-state index < -0.39 is 30.1 Å². The van der Waals surface area contributed by atoms with Gasteiger partial charge in [0.15, 0.2) is 0 Å². The first-order chi connectivity index (χ1) is 8.34. The number of nitrogens with one attached hydrogen (secondary N) is 1. The molecule has 2 saturated heterocycles. The largest absolute Gasteiger partial charge is 0.406 e. The number of rotatable bonds is 1. The number of urea groups is 1. The molecule has 8 heteroatoms. The molecule has 0 aromatic carbocycles. The lowest BCUT2D eigenvalue weighted by Gasteiger charge is -2.42. The van der Waals surface area contributed by atoms with Crippen LogP contribution in [0.1, 0.15) is 12.8 Å². The summed E-state index contributed by atoms with van der Waals surface area (Å²) in [7, 11) is 0. The van der Waals surface area contributed by atoms with Crippen molar-refractivity contribution in [1.82, 2.24) is 10.2 Å². The van der Waals surface area contributed by atoms with Gasteiger partial charge in [-0.1, -0.05) is 0 Å². The Morgan fingerprint density at radius 3 is 2.44 bits per heavy atom. The molecule has 0 radical (unpaired) electrons. The number of halogens is 3. The van der Waals surface area contributed by atoms with Crippen molar-refractivity contribution in [2.75, 3.05) is 26.3 Å². The molecule has 5 nitrogen and oxygen atoms in total. The van der Waals surface area contributed by atoms with Gasteiger partial charge in [-0.3, -0.25) is 9.69 Å². The Kier molecular flexibility index (Phi) is 3.22. The van der Waals surface area contributed by atoms with Crippen LogP contribution in [0.2, 0.25) is 0 Å². The molecule has 18 heavy (non-hydrogen) atoms. The topological polar surface area (TPSA) is 58.6 Å². The maximum absolute atomic E-state index is 12.3. The Labute approximate surface area is 101 Å². The second-order valence-electron chi connectivity index (χ2n) is 4.56. The smallest absolute Gasteiger partial charge is 0.381 e. The first kappa shape index (κ1) is 13.1. The summed E-state index contributed by atoms with van der Waals surface area (Å²) in [5.74, 6) is -0.744. The summed E-state index contributed by atoms with van der Waals surface area (Å²) in [6.45, 7) is -0.814. The maximum Gasteiger partial charge on any atom is 0.406 e. The summed E-state index contributed by atoms with van der Waals surface area (Å²) >= 11 is 0. The van der Waals surface area contributed by atoms with Crippen molar-refractivity contribution in [3.05, 3.63) is 0 Å². The number of carbonyl (C=O) groups is 2. The highest BCUT2D eigenvalue weighted by Crippen LogP contribution is 2.35. The lowest BCUT2D eigenvalue weighted by atomic mass is 9.77. The van der Waals surface area contributed by atoms with Crippen LogP contribution in [0.15, 0.2) is 0 Å². The number of ether oxygens (including phenoxy) is 1. The van der Waals surface area contributed by atoms with Crippen molar-refractivity contribution in [3.63, 3.8) is 0 Å². The minimum absolute atomic E-state index is 0.0857. The number of hydrogen-bond donors (Lipinski definition) is 1. The predicted molar refractivity (Wildman–Crippen MR) is 53.7 cm³/mol. The van der Waals surface area contributed by atoms with E-state index in [-0.39, 0.29) is 11.4 Å². The number of amides is 3. The second-order valence-corrected chi connectivity index (χ2v) is 4.56. The van der Waals surface area contributed by atoms with Crippen molar-refractivity contribution < 1.29 is 27.5 Å². The summed E-state index contributed by atoms with van der Waals surface area (Å²) in [4.78, 5) is 23.7. The Hall–Kier alpha value is -1.31. The zero-order chi connectivity index (χ0) is 13.4. The van der Waals surface area contributed by atoms with Crippen LogP contribution >= 0.6 is 0 Å². The number of hydrogen-bond acceptors (Lipinski definition) is 3. The predicted octanol–water partition coefficient (Wildman–Crippen LogP) is 0.897. The number of carbonyl (C=O) groups excluding carboxylic acids is 2. The van der Waals surface area contributed by atoms with Crippen LogP contribution in [0, 0.1) is 5.41 Å². The second kappa shape index (κ2) is 4.42. The van der Waals surface area contributed by atoms with E-state index in [1.54, 1.807) is 0 Å². The van der Waals surface area contributed by atoms with E-state index in [1.165, 1.54) is 0 Å². The Bertz CT molecular complexity index is 364. The lowest BCUT2D eigenvalue weighted by molar-refractivity contribution is -0.167. The van der Waals surface area contributed by atoms with Crippen molar-refractivity contribution in [1.29, 1.82) is 0 Å². The maximum atomic E-state index is 12.3. The third kappa shape index (κ3) is 2.43. The van der Waals surface area contributed by atoms with Crippen molar-refractivity contribution in [2.24, 2.45) is 5.41 Å². The zero-order valence-electron chi connectivity index (χ0n) is 9.55. The quantitative estimate of drug-likeness (QED) is 0.767. The van der Waals surface area contributed by atoms with Crippen molar-refractivity contribution in [2.45, 2.75) is 19.0 Å². The van der Waals surface area contributed by atoms with Crippen LogP contribution < -0.4 is 5.32 Å². The van der Waals surface area contributed by atoms with Gasteiger partial charge in [0.2, 0.25) is 5.91 Å². The van der Waals surface area contributed by atoms with E-state index in [0.29, 0.717) is 26.1 Å². The summed E-state index contributed by atoms with van der Waals surface area (Å²) in [6, 6.07) is -0.977. The number of alkyl halides is 3. The fourth-order valence-electron chi connectivity index (χ4n) is 2.27. The van der Waals surface area contributed by atoms with E-state index >= 15 is 0 Å². The highest BCUT2D eigenvalue weighted by molar-refractivity contribution is 6.00. The molecule has 2 rings (SSSR count). The molecule has 102 valence electrons. The van der Waals surface area contributed by atoms with Gasteiger partial charge in [0.25, 0.3) is 0 Å². The normalized spacial score (nSPS) is 24.3. The van der Waals surface area contributed by atoms with Gasteiger partial charge in [-0.05, 0) is 12.8 Å². The first-order valence-corrected chi connectivity index (χ1v) is 5.58. The molecule has 0 aromatic rings. The molecule has 0 aromatic heterocycles. The molecule has 1 N–H and O–H groups in total. The monoisotopic (exact) mass is 266 g/mol. The van der Waals surface area contributed by atoms with E-state index in [9.17, 15) is 22.8 Å². The molecule has 2 aliphatic rings. The van der Waals surface area contributed by atoms with E-state index in [4.69, 9.17) is 4.74 Å². The number of imide groups is 1. The summed E-state index contributed by atoms with van der Waals surface area (Å²) in [5, 5.41) is 2.36. The van der Waals surface area contributed by atoms with Crippen LogP contribution in [-0.2, 0) is 9.53 Å². The van der Waals surface area contributed by atoms with E-state index in [1.807, 2.05) is 0 Å². The lowest BCUT2D eigenvalue weighted by Crippen LogP contribution is -2.63. The number of nitrogens with zero attached hydrogens (tertiary/aromatic N) is 1. The van der Waals surface area contributed by atoms with Crippen LogP contribution in [0.25, 0.3) is 0 Å². The van der Waals surface area contributed by atoms with Gasteiger partial charge < -0.3 is 10.1 Å². The van der Waals surface area contributed by atoms with Crippen LogP contribution in [0.5, 0.6) is 0 Å². The highest BCUT2D eigenvalue weighted by atomic mass is 19.4. The minimum atomic E-state index is -4.59. The molecule has 2 heterocycles. The van der Waals surface area contributed by atoms with Crippen LogP contribution in [0.3, 0.4) is 0 Å². The molecule has 3 amide bonds. The molecule has 2 fully saturated rings. The molecule has 0 aliphatic carbocycles. The molecule has 0 atom stereocenters. The van der Waals surface area contributed by atoms with Gasteiger partial charge in [0.05, 0.1) is 5.41 Å². The van der Waals surface area contributed by atoms with Gasteiger partial charge in [-0.15, -0.1) is 0 Å². The first-order valence-electron chi connectivity index (χ1n) is 5.58. The average Bonchev–Trinajstić information content (AvgIpc) is 2.30. The third-order valence-corrected chi connectivity index (χ3v) is 3.31. The van der Waals surface area contributed by atoms with Crippen LogP contribution in [0.4, 0.5) is 18.0 Å². The molecule has 1 spiro atoms.